The first-order valence-corrected chi connectivity index (χ1v) is 6.47. The zero-order valence-corrected chi connectivity index (χ0v) is 11.6. The van der Waals surface area contributed by atoms with Gasteiger partial charge in [-0.1, -0.05) is 5.16 Å². The molecule has 0 aromatic carbocycles. The van der Waals surface area contributed by atoms with Crippen molar-refractivity contribution in [3.8, 4) is 5.75 Å². The number of thiophene rings is 1. The quantitative estimate of drug-likeness (QED) is 0.875. The first-order valence-electron chi connectivity index (χ1n) is 5.65. The van der Waals surface area contributed by atoms with Crippen molar-refractivity contribution in [2.75, 3.05) is 11.9 Å². The third-order valence-electron chi connectivity index (χ3n) is 2.26. The number of aromatic nitrogens is 1. The van der Waals surface area contributed by atoms with Gasteiger partial charge in [0, 0.05) is 10.9 Å². The van der Waals surface area contributed by atoms with Gasteiger partial charge in [0.2, 0.25) is 5.88 Å². The van der Waals surface area contributed by atoms with E-state index < -0.39 is 11.9 Å². The highest BCUT2D eigenvalue weighted by Gasteiger charge is 2.16. The Labute approximate surface area is 118 Å². The van der Waals surface area contributed by atoms with Crippen molar-refractivity contribution in [1.82, 2.24) is 5.16 Å². The molecule has 0 bridgehead atoms. The summed E-state index contributed by atoms with van der Waals surface area (Å²) in [4.78, 5) is 23.5. The fourth-order valence-corrected chi connectivity index (χ4v) is 2.28. The standard InChI is InChI=1S/C12H12N2O5S/c1-6-3-10(19-14-6)13-9(15)5-18-8-4-7(2)20-11(8)12(16)17/h3-4H,5H2,1-2H3,(H,13,15)(H,16,17). The molecule has 2 aromatic rings. The Morgan fingerprint density at radius 1 is 1.45 bits per heavy atom. The molecule has 1 amide bonds. The van der Waals surface area contributed by atoms with Crippen molar-refractivity contribution in [2.24, 2.45) is 0 Å². The number of hydrogen-bond acceptors (Lipinski definition) is 6. The number of aryl methyl sites for hydroxylation is 2. The number of rotatable bonds is 5. The number of nitrogens with one attached hydrogen (secondary N) is 1. The summed E-state index contributed by atoms with van der Waals surface area (Å²) >= 11 is 1.10. The van der Waals surface area contributed by atoms with Crippen LogP contribution in [0.4, 0.5) is 5.88 Å². The maximum absolute atomic E-state index is 11.6. The summed E-state index contributed by atoms with van der Waals surface area (Å²) in [5.74, 6) is -1.13. The van der Waals surface area contributed by atoms with Crippen LogP contribution in [0.2, 0.25) is 0 Å². The van der Waals surface area contributed by atoms with Gasteiger partial charge in [0.25, 0.3) is 5.91 Å². The van der Waals surface area contributed by atoms with Crippen LogP contribution < -0.4 is 10.1 Å². The molecule has 2 rings (SSSR count). The Kier molecular flexibility index (Phi) is 4.04. The van der Waals surface area contributed by atoms with E-state index in [1.807, 2.05) is 0 Å². The Balaban J connectivity index is 1.95. The average molecular weight is 296 g/mol. The molecule has 20 heavy (non-hydrogen) atoms. The van der Waals surface area contributed by atoms with Crippen LogP contribution in [0.15, 0.2) is 16.7 Å². The van der Waals surface area contributed by atoms with Gasteiger partial charge in [-0.2, -0.15) is 0 Å². The molecule has 0 aliphatic rings. The summed E-state index contributed by atoms with van der Waals surface area (Å²) < 4.78 is 10.0. The van der Waals surface area contributed by atoms with E-state index in [9.17, 15) is 9.59 Å². The Hall–Kier alpha value is -2.35. The number of hydrogen-bond donors (Lipinski definition) is 2. The predicted molar refractivity (Wildman–Crippen MR) is 71.4 cm³/mol. The van der Waals surface area contributed by atoms with E-state index in [0.717, 1.165) is 16.2 Å². The number of carbonyl (C=O) groups excluding carboxylic acids is 1. The van der Waals surface area contributed by atoms with Crippen LogP contribution in [0, 0.1) is 13.8 Å². The molecule has 0 aliphatic heterocycles. The van der Waals surface area contributed by atoms with Crippen molar-refractivity contribution in [2.45, 2.75) is 13.8 Å². The molecule has 2 aromatic heterocycles. The second kappa shape index (κ2) is 5.74. The normalized spacial score (nSPS) is 10.3. The summed E-state index contributed by atoms with van der Waals surface area (Å²) in [5, 5.41) is 15.1. The maximum Gasteiger partial charge on any atom is 0.349 e. The smallest absolute Gasteiger partial charge is 0.349 e. The molecule has 0 spiro atoms. The van der Waals surface area contributed by atoms with Gasteiger partial charge in [0.1, 0.15) is 5.75 Å². The first-order chi connectivity index (χ1) is 9.45. The highest BCUT2D eigenvalue weighted by molar-refractivity contribution is 7.14. The van der Waals surface area contributed by atoms with Gasteiger partial charge in [-0.3, -0.25) is 10.1 Å². The molecule has 0 radical (unpaired) electrons. The van der Waals surface area contributed by atoms with Crippen LogP contribution in [0.25, 0.3) is 0 Å². The van der Waals surface area contributed by atoms with Crippen LogP contribution in [0.5, 0.6) is 5.75 Å². The number of carbonyl (C=O) groups is 2. The van der Waals surface area contributed by atoms with Crippen molar-refractivity contribution in [1.29, 1.82) is 0 Å². The van der Waals surface area contributed by atoms with E-state index in [2.05, 4.69) is 10.5 Å². The van der Waals surface area contributed by atoms with Crippen molar-refractivity contribution in [3.05, 3.63) is 27.6 Å². The van der Waals surface area contributed by atoms with Gasteiger partial charge in [-0.15, -0.1) is 11.3 Å². The third-order valence-corrected chi connectivity index (χ3v) is 3.28. The van der Waals surface area contributed by atoms with E-state index in [1.54, 1.807) is 26.0 Å². The molecule has 0 saturated heterocycles. The zero-order valence-electron chi connectivity index (χ0n) is 10.8. The molecule has 0 fully saturated rings. The minimum absolute atomic E-state index is 0.0748. The van der Waals surface area contributed by atoms with Gasteiger partial charge in [-0.05, 0) is 19.9 Å². The first kappa shape index (κ1) is 14.1. The number of nitrogens with zero attached hydrogens (tertiary/aromatic N) is 1. The van der Waals surface area contributed by atoms with Crippen LogP contribution >= 0.6 is 11.3 Å². The van der Waals surface area contributed by atoms with Crippen molar-refractivity contribution < 1.29 is 24.0 Å². The summed E-state index contributed by atoms with van der Waals surface area (Å²) in [6, 6.07) is 3.15. The lowest BCUT2D eigenvalue weighted by molar-refractivity contribution is -0.118. The maximum atomic E-state index is 11.6. The van der Waals surface area contributed by atoms with Crippen LogP contribution in [0.3, 0.4) is 0 Å². The summed E-state index contributed by atoms with van der Waals surface area (Å²) in [7, 11) is 0. The highest BCUT2D eigenvalue weighted by atomic mass is 32.1. The SMILES string of the molecule is Cc1cc(NC(=O)COc2cc(C)sc2C(=O)O)on1. The largest absolute Gasteiger partial charge is 0.482 e. The number of amides is 1. The molecule has 7 nitrogen and oxygen atoms in total. The third kappa shape index (κ3) is 3.35. The summed E-state index contributed by atoms with van der Waals surface area (Å²) in [5.41, 5.74) is 0.642. The second-order valence-electron chi connectivity index (χ2n) is 4.02. The predicted octanol–water partition coefficient (Wildman–Crippen LogP) is 2.07. The summed E-state index contributed by atoms with van der Waals surface area (Å²) in [6.07, 6.45) is 0. The minimum Gasteiger partial charge on any atom is -0.482 e. The molecule has 0 unspecified atom stereocenters. The molecular formula is C12H12N2O5S. The number of carboxylic acids is 1. The Morgan fingerprint density at radius 2 is 2.20 bits per heavy atom. The van der Waals surface area contributed by atoms with Crippen molar-refractivity contribution in [3.63, 3.8) is 0 Å². The Bertz CT molecular complexity index is 646. The van der Waals surface area contributed by atoms with Gasteiger partial charge in [0.05, 0.1) is 5.69 Å². The molecule has 0 saturated carbocycles. The van der Waals surface area contributed by atoms with Crippen LogP contribution in [-0.4, -0.2) is 28.7 Å². The number of ether oxygens (including phenoxy) is 1. The van der Waals surface area contributed by atoms with Crippen molar-refractivity contribution >= 4 is 29.1 Å². The monoisotopic (exact) mass is 296 g/mol. The lowest BCUT2D eigenvalue weighted by atomic mass is 10.4. The summed E-state index contributed by atoms with van der Waals surface area (Å²) in [6.45, 7) is 3.18. The lowest BCUT2D eigenvalue weighted by Gasteiger charge is -2.04. The molecule has 106 valence electrons. The topological polar surface area (TPSA) is 102 Å². The van der Waals surface area contributed by atoms with Gasteiger partial charge in [-0.25, -0.2) is 4.79 Å². The fourth-order valence-electron chi connectivity index (χ4n) is 1.49. The van der Waals surface area contributed by atoms with E-state index in [4.69, 9.17) is 14.4 Å². The molecule has 0 atom stereocenters. The van der Waals surface area contributed by atoms with E-state index in [1.165, 1.54) is 0 Å². The van der Waals surface area contributed by atoms with E-state index in [0.29, 0.717) is 5.69 Å². The Morgan fingerprint density at radius 3 is 2.80 bits per heavy atom. The lowest BCUT2D eigenvalue weighted by Crippen LogP contribution is -2.20. The second-order valence-corrected chi connectivity index (χ2v) is 5.28. The molecular weight excluding hydrogens is 284 g/mol. The van der Waals surface area contributed by atoms with E-state index >= 15 is 0 Å². The molecule has 0 aliphatic carbocycles. The molecule has 8 heteroatoms. The van der Waals surface area contributed by atoms with E-state index in [-0.39, 0.29) is 23.1 Å². The highest BCUT2D eigenvalue weighted by Crippen LogP contribution is 2.28. The number of anilines is 1. The minimum atomic E-state index is -1.08. The van der Waals surface area contributed by atoms with Crippen LogP contribution in [-0.2, 0) is 4.79 Å². The van der Waals surface area contributed by atoms with Crippen LogP contribution in [0.1, 0.15) is 20.2 Å². The fraction of sp³-hybridized carbons (Fsp3) is 0.250. The van der Waals surface area contributed by atoms with Gasteiger partial charge < -0.3 is 14.4 Å². The van der Waals surface area contributed by atoms with Gasteiger partial charge >= 0.3 is 5.97 Å². The number of aromatic carboxylic acids is 1. The number of carboxylic acid groups (broad SMARTS) is 1. The van der Waals surface area contributed by atoms with Gasteiger partial charge in [0.15, 0.2) is 11.5 Å². The zero-order chi connectivity index (χ0) is 14.7. The average Bonchev–Trinajstić information content (AvgIpc) is 2.93. The molecule has 2 heterocycles. The molecule has 2 N–H and O–H groups in total.